The standard InChI is InChI=1S/C12H14BrFN2O2/c1-18-11-6-15-5-10(11)16-12(17)8-3-2-7(13)4-9(8)14/h2-4,10-11,15H,5-6H2,1H3,(H,16,17)/t10?,11-/m0/s1. The van der Waals surface area contributed by atoms with E-state index in [2.05, 4.69) is 26.6 Å². The first kappa shape index (κ1) is 13.5. The summed E-state index contributed by atoms with van der Waals surface area (Å²) >= 11 is 3.15. The maximum atomic E-state index is 13.6. The molecule has 0 aliphatic carbocycles. The van der Waals surface area contributed by atoms with E-state index >= 15 is 0 Å². The number of ether oxygens (including phenoxy) is 1. The molecule has 2 atom stereocenters. The zero-order chi connectivity index (χ0) is 13.1. The summed E-state index contributed by atoms with van der Waals surface area (Å²) < 4.78 is 19.5. The minimum absolute atomic E-state index is 0.0416. The van der Waals surface area contributed by atoms with Gasteiger partial charge in [0.1, 0.15) is 5.82 Å². The van der Waals surface area contributed by atoms with Gasteiger partial charge in [0.15, 0.2) is 0 Å². The van der Waals surface area contributed by atoms with Crippen molar-refractivity contribution < 1.29 is 13.9 Å². The van der Waals surface area contributed by atoms with Gasteiger partial charge in [-0.05, 0) is 18.2 Å². The highest BCUT2D eigenvalue weighted by Crippen LogP contribution is 2.15. The Hall–Kier alpha value is -0.980. The first-order chi connectivity index (χ1) is 8.61. The zero-order valence-corrected chi connectivity index (χ0v) is 11.5. The fourth-order valence-electron chi connectivity index (χ4n) is 1.97. The number of benzene rings is 1. The number of carbonyl (C=O) groups is 1. The zero-order valence-electron chi connectivity index (χ0n) is 9.87. The second kappa shape index (κ2) is 5.77. The molecule has 1 fully saturated rings. The number of nitrogens with one attached hydrogen (secondary N) is 2. The molecule has 6 heteroatoms. The number of carbonyl (C=O) groups excluding carboxylic acids is 1. The van der Waals surface area contributed by atoms with Gasteiger partial charge in [0.25, 0.3) is 5.91 Å². The predicted molar refractivity (Wildman–Crippen MR) is 69.0 cm³/mol. The van der Waals surface area contributed by atoms with Crippen LogP contribution in [0.3, 0.4) is 0 Å². The molecule has 2 N–H and O–H groups in total. The van der Waals surface area contributed by atoms with Gasteiger partial charge in [-0.15, -0.1) is 0 Å². The van der Waals surface area contributed by atoms with Crippen LogP contribution in [0.25, 0.3) is 0 Å². The van der Waals surface area contributed by atoms with E-state index < -0.39 is 11.7 Å². The molecule has 98 valence electrons. The van der Waals surface area contributed by atoms with E-state index in [1.54, 1.807) is 13.2 Å². The molecule has 1 saturated heterocycles. The normalized spacial score (nSPS) is 23.1. The molecule has 0 saturated carbocycles. The third-order valence-electron chi connectivity index (χ3n) is 2.95. The van der Waals surface area contributed by atoms with Gasteiger partial charge < -0.3 is 15.4 Å². The van der Waals surface area contributed by atoms with Crippen LogP contribution in [-0.4, -0.2) is 38.3 Å². The van der Waals surface area contributed by atoms with Crippen molar-refractivity contribution >= 4 is 21.8 Å². The topological polar surface area (TPSA) is 50.4 Å². The number of methoxy groups -OCH3 is 1. The molecule has 0 radical (unpaired) electrons. The Morgan fingerprint density at radius 3 is 3.00 bits per heavy atom. The lowest BCUT2D eigenvalue weighted by Gasteiger charge is -2.18. The number of hydrogen-bond acceptors (Lipinski definition) is 3. The van der Waals surface area contributed by atoms with Crippen molar-refractivity contribution in [1.82, 2.24) is 10.6 Å². The largest absolute Gasteiger partial charge is 0.378 e. The van der Waals surface area contributed by atoms with E-state index in [1.807, 2.05) is 0 Å². The second-order valence-corrected chi connectivity index (χ2v) is 5.05. The van der Waals surface area contributed by atoms with E-state index in [0.29, 0.717) is 17.6 Å². The molecule has 0 bridgehead atoms. The highest BCUT2D eigenvalue weighted by atomic mass is 79.9. The molecule has 1 aliphatic rings. The second-order valence-electron chi connectivity index (χ2n) is 4.14. The molecular formula is C12H14BrFN2O2. The van der Waals surface area contributed by atoms with E-state index in [1.165, 1.54) is 12.1 Å². The third-order valence-corrected chi connectivity index (χ3v) is 3.45. The van der Waals surface area contributed by atoms with Crippen LogP contribution in [0.2, 0.25) is 0 Å². The first-order valence-electron chi connectivity index (χ1n) is 5.61. The van der Waals surface area contributed by atoms with Gasteiger partial charge in [-0.3, -0.25) is 4.79 Å². The molecule has 1 aromatic carbocycles. The van der Waals surface area contributed by atoms with Gasteiger partial charge in [0.05, 0.1) is 17.7 Å². The van der Waals surface area contributed by atoms with Gasteiger partial charge >= 0.3 is 0 Å². The number of rotatable bonds is 3. The SMILES string of the molecule is CO[C@H]1CNCC1NC(=O)c1ccc(Br)cc1F. The van der Waals surface area contributed by atoms with Crippen LogP contribution in [0, 0.1) is 5.82 Å². The Labute approximate surface area is 113 Å². The van der Waals surface area contributed by atoms with E-state index in [-0.39, 0.29) is 17.7 Å². The Bertz CT molecular complexity index is 456. The maximum Gasteiger partial charge on any atom is 0.254 e. The summed E-state index contributed by atoms with van der Waals surface area (Å²) in [4.78, 5) is 11.9. The molecule has 0 spiro atoms. The van der Waals surface area contributed by atoms with Crippen molar-refractivity contribution in [2.24, 2.45) is 0 Å². The molecule has 1 heterocycles. The summed E-state index contributed by atoms with van der Waals surface area (Å²) in [6, 6.07) is 4.23. The van der Waals surface area contributed by atoms with Crippen LogP contribution < -0.4 is 10.6 Å². The van der Waals surface area contributed by atoms with Crippen LogP contribution >= 0.6 is 15.9 Å². The summed E-state index contributed by atoms with van der Waals surface area (Å²) in [5, 5.41) is 5.89. The van der Waals surface area contributed by atoms with Crippen molar-refractivity contribution in [3.8, 4) is 0 Å². The summed E-state index contributed by atoms with van der Waals surface area (Å²) in [6.45, 7) is 1.31. The van der Waals surface area contributed by atoms with E-state index in [0.717, 1.165) is 0 Å². The van der Waals surface area contributed by atoms with E-state index in [9.17, 15) is 9.18 Å². The van der Waals surface area contributed by atoms with Crippen LogP contribution in [0.15, 0.2) is 22.7 Å². The van der Waals surface area contributed by atoms with Crippen molar-refractivity contribution in [3.63, 3.8) is 0 Å². The average molecular weight is 317 g/mol. The lowest BCUT2D eigenvalue weighted by molar-refractivity contribution is 0.0777. The van der Waals surface area contributed by atoms with Crippen molar-refractivity contribution in [2.45, 2.75) is 12.1 Å². The van der Waals surface area contributed by atoms with Crippen LogP contribution in [0.1, 0.15) is 10.4 Å². The molecule has 1 amide bonds. The molecule has 2 rings (SSSR count). The fraction of sp³-hybridized carbons (Fsp3) is 0.417. The van der Waals surface area contributed by atoms with Crippen molar-refractivity contribution in [1.29, 1.82) is 0 Å². The Morgan fingerprint density at radius 1 is 1.56 bits per heavy atom. The molecule has 4 nitrogen and oxygen atoms in total. The summed E-state index contributed by atoms with van der Waals surface area (Å²) in [6.07, 6.45) is -0.0764. The number of hydrogen-bond donors (Lipinski definition) is 2. The smallest absolute Gasteiger partial charge is 0.254 e. The van der Waals surface area contributed by atoms with Gasteiger partial charge in [0, 0.05) is 24.7 Å². The van der Waals surface area contributed by atoms with E-state index in [4.69, 9.17) is 4.74 Å². The molecule has 0 aromatic heterocycles. The summed E-state index contributed by atoms with van der Waals surface area (Å²) in [7, 11) is 1.59. The van der Waals surface area contributed by atoms with Crippen LogP contribution in [0.4, 0.5) is 4.39 Å². The van der Waals surface area contributed by atoms with Gasteiger partial charge in [-0.2, -0.15) is 0 Å². The van der Waals surface area contributed by atoms with Gasteiger partial charge in [-0.1, -0.05) is 15.9 Å². The Kier molecular flexibility index (Phi) is 4.31. The molecular weight excluding hydrogens is 303 g/mol. The molecule has 18 heavy (non-hydrogen) atoms. The highest BCUT2D eigenvalue weighted by Gasteiger charge is 2.28. The first-order valence-corrected chi connectivity index (χ1v) is 6.40. The Balaban J connectivity index is 2.07. The summed E-state index contributed by atoms with van der Waals surface area (Å²) in [5.74, 6) is -0.961. The quantitative estimate of drug-likeness (QED) is 0.884. The highest BCUT2D eigenvalue weighted by molar-refractivity contribution is 9.10. The average Bonchev–Trinajstić information content (AvgIpc) is 2.76. The van der Waals surface area contributed by atoms with Crippen LogP contribution in [0.5, 0.6) is 0 Å². The number of halogens is 2. The number of amides is 1. The molecule has 1 aromatic rings. The molecule has 1 aliphatic heterocycles. The van der Waals surface area contributed by atoms with Gasteiger partial charge in [-0.25, -0.2) is 4.39 Å². The predicted octanol–water partition coefficient (Wildman–Crippen LogP) is 1.30. The minimum Gasteiger partial charge on any atom is -0.378 e. The molecule has 1 unspecified atom stereocenters. The fourth-order valence-corrected chi connectivity index (χ4v) is 2.30. The van der Waals surface area contributed by atoms with Crippen LogP contribution in [-0.2, 0) is 4.74 Å². The monoisotopic (exact) mass is 316 g/mol. The van der Waals surface area contributed by atoms with Crippen molar-refractivity contribution in [3.05, 3.63) is 34.1 Å². The third kappa shape index (κ3) is 2.88. The lowest BCUT2D eigenvalue weighted by Crippen LogP contribution is -2.43. The van der Waals surface area contributed by atoms with Crippen molar-refractivity contribution in [2.75, 3.05) is 20.2 Å². The Morgan fingerprint density at radius 2 is 2.33 bits per heavy atom. The summed E-state index contributed by atoms with van der Waals surface area (Å²) in [5.41, 5.74) is 0.0416. The maximum absolute atomic E-state index is 13.6. The minimum atomic E-state index is -0.540. The van der Waals surface area contributed by atoms with Gasteiger partial charge in [0.2, 0.25) is 0 Å². The lowest BCUT2D eigenvalue weighted by atomic mass is 10.1.